The second-order valence-electron chi connectivity index (χ2n) is 6.12. The van der Waals surface area contributed by atoms with E-state index in [-0.39, 0.29) is 33.8 Å². The fourth-order valence-electron chi connectivity index (χ4n) is 2.78. The third-order valence-electron chi connectivity index (χ3n) is 4.20. The second kappa shape index (κ2) is 6.20. The van der Waals surface area contributed by atoms with Gasteiger partial charge < -0.3 is 10.3 Å². The summed E-state index contributed by atoms with van der Waals surface area (Å²) < 4.78 is 45.9. The van der Waals surface area contributed by atoms with E-state index in [0.29, 0.717) is 15.8 Å². The first-order valence-electron chi connectivity index (χ1n) is 7.99. The Balaban J connectivity index is 1.88. The molecular formula is C17H12ClF3N6O. The number of rotatable bonds is 2. The minimum Gasteiger partial charge on any atom is -0.398 e. The van der Waals surface area contributed by atoms with Crippen LogP contribution in [0, 0.1) is 13.8 Å². The molecule has 3 heterocycles. The molecule has 144 valence electrons. The fourth-order valence-corrected chi connectivity index (χ4v) is 3.02. The highest BCUT2D eigenvalue weighted by Gasteiger charge is 2.36. The van der Waals surface area contributed by atoms with Gasteiger partial charge in [-0.1, -0.05) is 28.9 Å². The predicted molar refractivity (Wildman–Crippen MR) is 95.6 cm³/mol. The van der Waals surface area contributed by atoms with E-state index in [9.17, 15) is 13.2 Å². The SMILES string of the molecule is Cc1cc(C(F)(F)F)n2nc(-c3nc(-c4cccc(N)c4C)no3)c(Cl)c2n1. The lowest BCUT2D eigenvalue weighted by Crippen LogP contribution is -2.13. The Morgan fingerprint density at radius 2 is 1.93 bits per heavy atom. The molecule has 28 heavy (non-hydrogen) atoms. The Morgan fingerprint density at radius 1 is 1.18 bits per heavy atom. The molecule has 0 atom stereocenters. The molecule has 7 nitrogen and oxygen atoms in total. The first kappa shape index (κ1) is 18.2. The summed E-state index contributed by atoms with van der Waals surface area (Å²) in [7, 11) is 0. The molecule has 0 aliphatic rings. The highest BCUT2D eigenvalue weighted by atomic mass is 35.5. The van der Waals surface area contributed by atoms with Gasteiger partial charge in [-0.25, -0.2) is 9.50 Å². The number of anilines is 1. The van der Waals surface area contributed by atoms with Crippen LogP contribution in [-0.4, -0.2) is 24.7 Å². The number of nitrogen functional groups attached to an aromatic ring is 1. The number of aryl methyl sites for hydroxylation is 1. The van der Waals surface area contributed by atoms with Crippen LogP contribution in [0.2, 0.25) is 5.02 Å². The van der Waals surface area contributed by atoms with Crippen molar-refractivity contribution < 1.29 is 17.7 Å². The van der Waals surface area contributed by atoms with Gasteiger partial charge in [0.15, 0.2) is 11.3 Å². The summed E-state index contributed by atoms with van der Waals surface area (Å²) in [5.74, 6) is 0.0891. The molecule has 0 spiro atoms. The molecule has 4 rings (SSSR count). The van der Waals surface area contributed by atoms with Crippen molar-refractivity contribution >= 4 is 22.9 Å². The average Bonchev–Trinajstić information content (AvgIpc) is 3.21. The van der Waals surface area contributed by atoms with Crippen LogP contribution in [0.25, 0.3) is 28.6 Å². The third-order valence-corrected chi connectivity index (χ3v) is 4.54. The van der Waals surface area contributed by atoms with Crippen molar-refractivity contribution in [2.45, 2.75) is 20.0 Å². The van der Waals surface area contributed by atoms with Crippen molar-refractivity contribution in [1.82, 2.24) is 24.7 Å². The minimum atomic E-state index is -4.64. The molecule has 3 aromatic heterocycles. The summed E-state index contributed by atoms with van der Waals surface area (Å²) in [4.78, 5) is 8.27. The summed E-state index contributed by atoms with van der Waals surface area (Å²) in [6, 6.07) is 6.09. The van der Waals surface area contributed by atoms with Crippen molar-refractivity contribution in [1.29, 1.82) is 0 Å². The standard InChI is InChI=1S/C17H12ClF3N6O/c1-7-6-11(17(19,20)21)27-15(23-7)12(18)13(25-27)16-24-14(26-28-16)9-4-3-5-10(22)8(9)2/h3-6H,22H2,1-2H3. The average molecular weight is 409 g/mol. The summed E-state index contributed by atoms with van der Waals surface area (Å²) in [6.07, 6.45) is -4.64. The molecule has 0 unspecified atom stereocenters. The molecule has 1 aromatic carbocycles. The molecule has 0 fully saturated rings. The van der Waals surface area contributed by atoms with Gasteiger partial charge in [0.1, 0.15) is 10.7 Å². The zero-order valence-electron chi connectivity index (χ0n) is 14.5. The molecule has 0 saturated heterocycles. The Hall–Kier alpha value is -3.14. The van der Waals surface area contributed by atoms with Gasteiger partial charge in [-0.2, -0.15) is 23.3 Å². The lowest BCUT2D eigenvalue weighted by molar-refractivity contribution is -0.142. The Kier molecular flexibility index (Phi) is 4.03. The highest BCUT2D eigenvalue weighted by Crippen LogP contribution is 2.35. The van der Waals surface area contributed by atoms with E-state index in [2.05, 4.69) is 20.2 Å². The number of nitrogens with two attached hydrogens (primary N) is 1. The minimum absolute atomic E-state index is 0.0921. The molecule has 0 bridgehead atoms. The van der Waals surface area contributed by atoms with E-state index in [1.54, 1.807) is 25.1 Å². The van der Waals surface area contributed by atoms with E-state index >= 15 is 0 Å². The van der Waals surface area contributed by atoms with Crippen LogP contribution in [0.15, 0.2) is 28.8 Å². The van der Waals surface area contributed by atoms with Gasteiger partial charge >= 0.3 is 6.18 Å². The van der Waals surface area contributed by atoms with Crippen LogP contribution >= 0.6 is 11.6 Å². The second-order valence-corrected chi connectivity index (χ2v) is 6.50. The zero-order chi connectivity index (χ0) is 20.2. The molecule has 0 aliphatic heterocycles. The van der Waals surface area contributed by atoms with Gasteiger partial charge in [-0.05, 0) is 31.5 Å². The first-order valence-corrected chi connectivity index (χ1v) is 8.37. The van der Waals surface area contributed by atoms with Crippen LogP contribution in [0.3, 0.4) is 0 Å². The van der Waals surface area contributed by atoms with Crippen molar-refractivity contribution in [2.75, 3.05) is 5.73 Å². The molecule has 2 N–H and O–H groups in total. The van der Waals surface area contributed by atoms with Gasteiger partial charge in [0.25, 0.3) is 5.89 Å². The van der Waals surface area contributed by atoms with Crippen molar-refractivity contribution in [3.63, 3.8) is 0 Å². The van der Waals surface area contributed by atoms with Crippen molar-refractivity contribution in [3.8, 4) is 23.0 Å². The van der Waals surface area contributed by atoms with E-state index < -0.39 is 11.9 Å². The number of aromatic nitrogens is 5. The lowest BCUT2D eigenvalue weighted by Gasteiger charge is -2.09. The van der Waals surface area contributed by atoms with Crippen LogP contribution in [-0.2, 0) is 6.18 Å². The third kappa shape index (κ3) is 2.85. The Labute approximate surface area is 160 Å². The summed E-state index contributed by atoms with van der Waals surface area (Å²) in [5.41, 5.74) is 6.70. The molecule has 0 amide bonds. The summed E-state index contributed by atoms with van der Waals surface area (Å²) in [5, 5.41) is 7.67. The van der Waals surface area contributed by atoms with E-state index in [4.69, 9.17) is 21.9 Å². The van der Waals surface area contributed by atoms with Crippen LogP contribution in [0.1, 0.15) is 17.0 Å². The van der Waals surface area contributed by atoms with Gasteiger partial charge in [0.05, 0.1) is 0 Å². The van der Waals surface area contributed by atoms with Gasteiger partial charge in [-0.15, -0.1) is 0 Å². The highest BCUT2D eigenvalue weighted by molar-refractivity contribution is 6.35. The number of benzene rings is 1. The zero-order valence-corrected chi connectivity index (χ0v) is 15.3. The molecule has 0 aliphatic carbocycles. The molecule has 4 aromatic rings. The topological polar surface area (TPSA) is 95.1 Å². The van der Waals surface area contributed by atoms with Crippen LogP contribution in [0.4, 0.5) is 18.9 Å². The number of hydrogen-bond donors (Lipinski definition) is 1. The first-order chi connectivity index (χ1) is 13.2. The summed E-state index contributed by atoms with van der Waals surface area (Å²) in [6.45, 7) is 3.23. The monoisotopic (exact) mass is 408 g/mol. The Bertz CT molecular complexity index is 1210. The van der Waals surface area contributed by atoms with Gasteiger partial charge in [0, 0.05) is 16.9 Å². The lowest BCUT2D eigenvalue weighted by atomic mass is 10.1. The molecule has 0 saturated carbocycles. The van der Waals surface area contributed by atoms with Crippen LogP contribution < -0.4 is 5.73 Å². The van der Waals surface area contributed by atoms with Gasteiger partial charge in [0.2, 0.25) is 5.82 Å². The smallest absolute Gasteiger partial charge is 0.398 e. The van der Waals surface area contributed by atoms with E-state index in [1.807, 2.05) is 0 Å². The van der Waals surface area contributed by atoms with Gasteiger partial charge in [-0.3, -0.25) is 0 Å². The maximum absolute atomic E-state index is 13.4. The van der Waals surface area contributed by atoms with Crippen LogP contribution in [0.5, 0.6) is 0 Å². The largest absolute Gasteiger partial charge is 0.433 e. The van der Waals surface area contributed by atoms with E-state index in [0.717, 1.165) is 11.6 Å². The molecular weight excluding hydrogens is 397 g/mol. The summed E-state index contributed by atoms with van der Waals surface area (Å²) >= 11 is 6.24. The number of fused-ring (bicyclic) bond motifs is 1. The predicted octanol–water partition coefficient (Wildman–Crippen LogP) is 4.32. The van der Waals surface area contributed by atoms with E-state index in [1.165, 1.54) is 6.92 Å². The molecule has 0 radical (unpaired) electrons. The number of hydrogen-bond acceptors (Lipinski definition) is 6. The number of alkyl halides is 3. The number of halogens is 4. The van der Waals surface area contributed by atoms with Crippen molar-refractivity contribution in [2.24, 2.45) is 0 Å². The fraction of sp³-hybridized carbons (Fsp3) is 0.176. The maximum Gasteiger partial charge on any atom is 0.433 e. The molecule has 11 heteroatoms. The normalized spacial score (nSPS) is 12.1. The Morgan fingerprint density at radius 3 is 2.64 bits per heavy atom. The quantitative estimate of drug-likeness (QED) is 0.496. The maximum atomic E-state index is 13.4. The number of nitrogens with zero attached hydrogens (tertiary/aromatic N) is 5. The van der Waals surface area contributed by atoms with Crippen molar-refractivity contribution in [3.05, 3.63) is 46.2 Å².